The van der Waals surface area contributed by atoms with E-state index in [1.54, 1.807) is 0 Å². The summed E-state index contributed by atoms with van der Waals surface area (Å²) in [6.45, 7) is -1.14. The summed E-state index contributed by atoms with van der Waals surface area (Å²) in [7, 11) is 19.5. The Balaban J connectivity index is 1.63. The molecule has 0 aliphatic carbocycles. The minimum Gasteiger partial charge on any atom is -0.493 e. The van der Waals surface area contributed by atoms with E-state index in [2.05, 4.69) is 0 Å². The van der Waals surface area contributed by atoms with Crippen molar-refractivity contribution in [2.24, 2.45) is 0 Å². The Morgan fingerprint density at radius 1 is 0.321 bits per heavy atom. The molecule has 0 radical (unpaired) electrons. The number of methoxy groups -OCH3 is 16. The van der Waals surface area contributed by atoms with E-state index in [1.165, 1.54) is 113 Å². The zero-order valence-corrected chi connectivity index (χ0v) is 48.3. The van der Waals surface area contributed by atoms with Crippen LogP contribution in [-0.4, -0.2) is 181 Å². The first-order valence-corrected chi connectivity index (χ1v) is 24.8. The molecule has 84 heavy (non-hydrogen) atoms. The maximum Gasteiger partial charge on any atom is 0.351 e. The van der Waals surface area contributed by atoms with Crippen molar-refractivity contribution in [3.05, 3.63) is 52.1 Å². The number of ether oxygens (including phenoxy) is 21. The number of rotatable bonds is 16. The van der Waals surface area contributed by atoms with Gasteiger partial charge in [-0.3, -0.25) is 0 Å². The minimum atomic E-state index is -2.53. The van der Waals surface area contributed by atoms with Crippen molar-refractivity contribution in [3.63, 3.8) is 0 Å². The van der Waals surface area contributed by atoms with Crippen molar-refractivity contribution < 1.29 is 128 Å². The molecule has 0 N–H and O–H groups in total. The highest BCUT2D eigenvalue weighted by atomic mass is 16.7. The fourth-order valence-corrected chi connectivity index (χ4v) is 10.4. The summed E-state index contributed by atoms with van der Waals surface area (Å²) in [4.78, 5) is 93.6. The highest BCUT2D eigenvalue weighted by molar-refractivity contribution is 6.16. The second-order valence-corrected chi connectivity index (χ2v) is 17.6. The van der Waals surface area contributed by atoms with Crippen LogP contribution in [0, 0.1) is 0 Å². The van der Waals surface area contributed by atoms with Gasteiger partial charge in [0.25, 0.3) is 0 Å². The molecule has 3 aliphatic heterocycles. The first-order valence-electron chi connectivity index (χ1n) is 24.8. The summed E-state index contributed by atoms with van der Waals surface area (Å²) >= 11 is 0. The van der Waals surface area contributed by atoms with Gasteiger partial charge in [0.05, 0.1) is 142 Å². The molecule has 0 aromatic heterocycles. The van der Waals surface area contributed by atoms with Crippen molar-refractivity contribution in [1.82, 2.24) is 0 Å². The molecule has 3 aliphatic rings. The zero-order chi connectivity index (χ0) is 61.2. The van der Waals surface area contributed by atoms with Gasteiger partial charge >= 0.3 is 35.8 Å². The summed E-state index contributed by atoms with van der Waals surface area (Å²) in [5.74, 6) is -11.5. The minimum absolute atomic E-state index is 0.0771. The quantitative estimate of drug-likeness (QED) is 0.0809. The maximum atomic E-state index is 16.5. The van der Waals surface area contributed by atoms with Gasteiger partial charge in [-0.2, -0.15) is 0 Å². The van der Waals surface area contributed by atoms with Crippen LogP contribution in [0.2, 0.25) is 0 Å². The molecule has 0 saturated carbocycles. The number of carbonyl (C=O) groups is 6. The number of hydrogen-bond acceptors (Lipinski definition) is 27. The Morgan fingerprint density at radius 3 is 0.952 bits per heavy atom. The Bertz CT molecular complexity index is 3490. The number of fused-ring (bicyclic) bond motifs is 11. The highest BCUT2D eigenvalue weighted by Crippen LogP contribution is 2.62. The molecule has 5 aromatic rings. The van der Waals surface area contributed by atoms with Crippen molar-refractivity contribution in [1.29, 1.82) is 0 Å². The monoisotopic (exact) mass is 1170 g/mol. The lowest BCUT2D eigenvalue weighted by Gasteiger charge is -2.35. The third kappa shape index (κ3) is 9.52. The first kappa shape index (κ1) is 60.0. The van der Waals surface area contributed by atoms with E-state index >= 15 is 24.0 Å². The predicted molar refractivity (Wildman–Crippen MR) is 287 cm³/mol. The van der Waals surface area contributed by atoms with Crippen LogP contribution < -0.4 is 71.1 Å². The molecular weight excluding hydrogens is 1120 g/mol. The van der Waals surface area contributed by atoms with Gasteiger partial charge in [-0.25, -0.2) is 28.8 Å². The predicted octanol–water partition coefficient (Wildman–Crippen LogP) is 5.99. The number of benzene rings is 5. The van der Waals surface area contributed by atoms with Crippen LogP contribution in [-0.2, 0) is 33.2 Å². The fraction of sp³-hybridized carbons (Fsp3) is 0.368. The van der Waals surface area contributed by atoms with Gasteiger partial charge in [0.1, 0.15) is 6.61 Å². The molecule has 0 fully saturated rings. The molecule has 0 amide bonds. The van der Waals surface area contributed by atoms with Crippen LogP contribution in [0.4, 0.5) is 0 Å². The van der Waals surface area contributed by atoms with Crippen LogP contribution in [0.1, 0.15) is 51.8 Å². The molecule has 4 atom stereocenters. The highest BCUT2D eigenvalue weighted by Gasteiger charge is 2.53. The molecule has 2 bridgehead atoms. The average Bonchev–Trinajstić information content (AvgIpc) is 1.17. The van der Waals surface area contributed by atoms with Gasteiger partial charge < -0.3 is 99.5 Å². The lowest BCUT2D eigenvalue weighted by atomic mass is 9.84. The van der Waals surface area contributed by atoms with E-state index in [0.717, 1.165) is 25.3 Å². The number of carbonyl (C=O) groups excluding carboxylic acids is 6. The smallest absolute Gasteiger partial charge is 0.351 e. The van der Waals surface area contributed by atoms with E-state index in [1.807, 2.05) is 0 Å². The second kappa shape index (κ2) is 24.6. The molecule has 5 aromatic carbocycles. The second-order valence-electron chi connectivity index (χ2n) is 17.6. The van der Waals surface area contributed by atoms with E-state index in [4.69, 9.17) is 99.5 Å². The van der Waals surface area contributed by atoms with E-state index in [0.29, 0.717) is 0 Å². The lowest BCUT2D eigenvalue weighted by molar-refractivity contribution is -0.170. The first-order chi connectivity index (χ1) is 40.5. The SMILES string of the molecule is COC(=O)[C@@H]1OC(=O)c2cc(OC)c(OC)c(OC)c2-c2c(OC)c(OC)c(OC)c3c2C(=O)O[C@H]1[C@@H]1OC(=O)c2cc(OC)c(OC)c(OC)c2-c2c(cc(OC)c(OC)c2OC)C(=O)OC[C@H]1OC(=O)c1cc(OC)c(OC)c(OC)c1-3. The van der Waals surface area contributed by atoms with Crippen molar-refractivity contribution in [3.8, 4) is 120 Å². The van der Waals surface area contributed by atoms with Crippen LogP contribution in [0.3, 0.4) is 0 Å². The van der Waals surface area contributed by atoms with Crippen molar-refractivity contribution in [2.75, 3.05) is 120 Å². The fourth-order valence-electron chi connectivity index (χ4n) is 10.4. The lowest BCUT2D eigenvalue weighted by Crippen LogP contribution is -2.56. The van der Waals surface area contributed by atoms with E-state index in [9.17, 15) is 4.79 Å². The van der Waals surface area contributed by atoms with Gasteiger partial charge in [-0.1, -0.05) is 0 Å². The topological polar surface area (TPSA) is 296 Å². The standard InChI is InChI=1S/C57H58O27/c1-64-26-17-22-31(43(72-9)38(26)68-5)32-23(18-27(65-2)39(69-6)44(32)73-10)54(60)82-42-30(21-80-52(22)58)81-53(59)24-19-28(66-3)40(70-7)45(74-11)33(24)35-37-36(48(77-14)49(78-15)47(35)76-13)34-25(20-29(67-4)41(71-8)46(34)75-12)55(61)84-51(57(63)79-16)50(42)83-56(37)62/h17-20,30,42,50-51H,21H2,1-16H3/t30-,42-,50+,51-/m1/s1. The summed E-state index contributed by atoms with van der Waals surface area (Å²) in [6.07, 6.45) is -9.73. The Labute approximate surface area is 479 Å². The molecule has 0 spiro atoms. The van der Waals surface area contributed by atoms with E-state index < -0.39 is 100 Å². The summed E-state index contributed by atoms with van der Waals surface area (Å²) in [6, 6.07) is 4.67. The maximum absolute atomic E-state index is 16.5. The van der Waals surface area contributed by atoms with Crippen molar-refractivity contribution in [2.45, 2.75) is 24.4 Å². The molecule has 27 nitrogen and oxygen atoms in total. The van der Waals surface area contributed by atoms with Crippen molar-refractivity contribution >= 4 is 35.8 Å². The molecule has 8 rings (SSSR count). The van der Waals surface area contributed by atoms with Crippen LogP contribution in [0.5, 0.6) is 86.2 Å². The van der Waals surface area contributed by atoms with Gasteiger partial charge in [-0.05, 0) is 24.3 Å². The van der Waals surface area contributed by atoms with E-state index in [-0.39, 0.29) is 114 Å². The molecule has 27 heteroatoms. The average molecular weight is 1180 g/mol. The van der Waals surface area contributed by atoms with Gasteiger partial charge in [0, 0.05) is 33.4 Å². The van der Waals surface area contributed by atoms with Gasteiger partial charge in [-0.15, -0.1) is 0 Å². The van der Waals surface area contributed by atoms with Crippen LogP contribution >= 0.6 is 0 Å². The largest absolute Gasteiger partial charge is 0.493 e. The third-order valence-electron chi connectivity index (χ3n) is 13.9. The van der Waals surface area contributed by atoms with Gasteiger partial charge in [0.15, 0.2) is 75.8 Å². The number of cyclic esters (lactones) is 2. The summed E-state index contributed by atoms with van der Waals surface area (Å²) in [5, 5.41) is 0. The molecule has 3 heterocycles. The van der Waals surface area contributed by atoms with Crippen LogP contribution in [0.15, 0.2) is 24.3 Å². The zero-order valence-electron chi connectivity index (χ0n) is 48.3. The molecule has 0 saturated heterocycles. The molecule has 0 unspecified atom stereocenters. The molecule has 448 valence electrons. The summed E-state index contributed by atoms with van der Waals surface area (Å²) < 4.78 is 125. The Kier molecular flexibility index (Phi) is 17.6. The van der Waals surface area contributed by atoms with Gasteiger partial charge in [0.2, 0.25) is 34.9 Å². The Morgan fingerprint density at radius 2 is 0.619 bits per heavy atom. The number of esters is 6. The Hall–Kier alpha value is -10.1. The third-order valence-corrected chi connectivity index (χ3v) is 13.9. The number of hydrogen-bond donors (Lipinski definition) is 0. The normalized spacial score (nSPS) is 16.9. The molecular formula is C57H58O27. The van der Waals surface area contributed by atoms with Crippen LogP contribution in [0.25, 0.3) is 33.4 Å². The summed E-state index contributed by atoms with van der Waals surface area (Å²) in [5.41, 5.74) is -4.69.